The third-order valence-corrected chi connectivity index (χ3v) is 9.39. The van der Waals surface area contributed by atoms with Crippen LogP contribution >= 0.6 is 33.3 Å². The molecule has 1 aromatic rings. The lowest BCUT2D eigenvalue weighted by molar-refractivity contribution is -0.120. The van der Waals surface area contributed by atoms with Gasteiger partial charge in [-0.25, -0.2) is 4.79 Å². The van der Waals surface area contributed by atoms with Crippen molar-refractivity contribution in [2.45, 2.75) is 94.5 Å². The molecule has 1 aromatic heterocycles. The molecular formula is C24H41N3O6S3. The molecule has 1 saturated heterocycles. The predicted molar refractivity (Wildman–Crippen MR) is 149 cm³/mol. The third kappa shape index (κ3) is 11.6. The van der Waals surface area contributed by atoms with E-state index in [-0.39, 0.29) is 18.9 Å². The third-order valence-electron chi connectivity index (χ3n) is 5.89. The Kier molecular flexibility index (Phi) is 16.0. The quantitative estimate of drug-likeness (QED) is 0.114. The summed E-state index contributed by atoms with van der Waals surface area (Å²) in [5.41, 5.74) is -1.14. The molecule has 36 heavy (non-hydrogen) atoms. The van der Waals surface area contributed by atoms with Gasteiger partial charge in [0.2, 0.25) is 5.91 Å². The van der Waals surface area contributed by atoms with E-state index in [9.17, 15) is 24.6 Å². The minimum atomic E-state index is -0.883. The number of aromatic nitrogens is 2. The predicted octanol–water partition coefficient (Wildman–Crippen LogP) is 3.30. The average molecular weight is 564 g/mol. The summed E-state index contributed by atoms with van der Waals surface area (Å²) in [5, 5.41) is 22.0. The largest absolute Gasteiger partial charge is 0.394 e. The topological polar surface area (TPSA) is 134 Å². The molecule has 0 spiro atoms. The number of hydrogen-bond donors (Lipinski definition) is 4. The number of unbranched alkanes of at least 4 members (excludes halogenated alkanes) is 7. The van der Waals surface area contributed by atoms with E-state index in [4.69, 9.17) is 4.74 Å². The van der Waals surface area contributed by atoms with Crippen LogP contribution in [0.3, 0.4) is 0 Å². The highest BCUT2D eigenvalue weighted by molar-refractivity contribution is 8.76. The first-order valence-corrected chi connectivity index (χ1v) is 16.4. The molecule has 0 aromatic carbocycles. The van der Waals surface area contributed by atoms with E-state index in [1.54, 1.807) is 10.8 Å². The van der Waals surface area contributed by atoms with Crippen molar-refractivity contribution >= 4 is 39.3 Å². The van der Waals surface area contributed by atoms with Crippen molar-refractivity contribution in [2.24, 2.45) is 0 Å². The number of rotatable bonds is 19. The lowest BCUT2D eigenvalue weighted by atomic mass is 10.1. The molecule has 1 fully saturated rings. The molecule has 9 nitrogen and oxygen atoms in total. The lowest BCUT2D eigenvalue weighted by Gasteiger charge is -2.15. The number of H-pyrrole nitrogens is 1. The average Bonchev–Trinajstić information content (AvgIpc) is 3.23. The van der Waals surface area contributed by atoms with Crippen molar-refractivity contribution in [3.8, 4) is 0 Å². The molecule has 206 valence electrons. The first-order chi connectivity index (χ1) is 17.5. The number of carbonyl (C=O) groups excluding carboxylic acids is 1. The Hall–Kier alpha value is -0.920. The number of aromatic amines is 1. The van der Waals surface area contributed by atoms with Gasteiger partial charge in [0, 0.05) is 42.8 Å². The first-order valence-electron chi connectivity index (χ1n) is 12.9. The van der Waals surface area contributed by atoms with Crippen LogP contribution in [0.15, 0.2) is 20.7 Å². The summed E-state index contributed by atoms with van der Waals surface area (Å²) in [6.45, 7) is 2.29. The van der Waals surface area contributed by atoms with E-state index in [1.165, 1.54) is 73.9 Å². The summed E-state index contributed by atoms with van der Waals surface area (Å²) in [6, 6.07) is 0. The van der Waals surface area contributed by atoms with Gasteiger partial charge in [-0.2, -0.15) is 0 Å². The van der Waals surface area contributed by atoms with E-state index in [1.807, 2.05) is 10.8 Å². The molecule has 0 unspecified atom stereocenters. The summed E-state index contributed by atoms with van der Waals surface area (Å²) < 4.78 is 6.73. The normalized spacial score (nSPS) is 19.6. The Labute approximate surface area is 225 Å². The summed E-state index contributed by atoms with van der Waals surface area (Å²) >= 11 is 1.23. The molecule has 1 aliphatic rings. The van der Waals surface area contributed by atoms with Gasteiger partial charge in [0.1, 0.15) is 12.3 Å². The fourth-order valence-corrected chi connectivity index (χ4v) is 6.75. The maximum Gasteiger partial charge on any atom is 0.330 e. The number of hydrogen-bond acceptors (Lipinski definition) is 9. The van der Waals surface area contributed by atoms with Gasteiger partial charge in [0.15, 0.2) is 0 Å². The highest BCUT2D eigenvalue weighted by Crippen LogP contribution is 2.28. The summed E-state index contributed by atoms with van der Waals surface area (Å²) in [7, 11) is 3.57. The zero-order valence-electron chi connectivity index (χ0n) is 21.1. The summed E-state index contributed by atoms with van der Waals surface area (Å²) in [6.07, 6.45) is 10.2. The molecule has 0 bridgehead atoms. The van der Waals surface area contributed by atoms with E-state index < -0.39 is 29.7 Å². The van der Waals surface area contributed by atoms with Gasteiger partial charge in [0.25, 0.3) is 5.56 Å². The van der Waals surface area contributed by atoms with Gasteiger partial charge >= 0.3 is 5.69 Å². The Morgan fingerprint density at radius 2 is 1.81 bits per heavy atom. The molecule has 1 aliphatic heterocycles. The number of aliphatic hydroxyl groups excluding tert-OH is 2. The van der Waals surface area contributed by atoms with E-state index in [0.717, 1.165) is 11.5 Å². The summed E-state index contributed by atoms with van der Waals surface area (Å²) in [5.74, 6) is 2.35. The van der Waals surface area contributed by atoms with Gasteiger partial charge in [-0.15, -0.1) is 11.8 Å². The van der Waals surface area contributed by atoms with Crippen LogP contribution in [0, 0.1) is 0 Å². The van der Waals surface area contributed by atoms with E-state index >= 15 is 0 Å². The van der Waals surface area contributed by atoms with Crippen LogP contribution in [0.4, 0.5) is 0 Å². The maximum atomic E-state index is 12.2. The van der Waals surface area contributed by atoms with Crippen LogP contribution in [0.25, 0.3) is 0 Å². The fourth-order valence-electron chi connectivity index (χ4n) is 3.82. The molecule has 2 rings (SSSR count). The molecule has 1 amide bonds. The Bertz CT molecular complexity index is 881. The van der Waals surface area contributed by atoms with Crippen molar-refractivity contribution in [3.05, 3.63) is 27.0 Å². The van der Waals surface area contributed by atoms with E-state index in [0.29, 0.717) is 23.6 Å². The number of carbonyl (C=O) groups is 1. The Morgan fingerprint density at radius 3 is 2.50 bits per heavy atom. The van der Waals surface area contributed by atoms with E-state index in [2.05, 4.69) is 17.2 Å². The van der Waals surface area contributed by atoms with Crippen LogP contribution < -0.4 is 16.6 Å². The Morgan fingerprint density at radius 1 is 1.11 bits per heavy atom. The van der Waals surface area contributed by atoms with Gasteiger partial charge < -0.3 is 20.3 Å². The Balaban J connectivity index is 1.56. The second-order valence-corrected chi connectivity index (χ2v) is 12.7. The van der Waals surface area contributed by atoms with Crippen LogP contribution in [0.2, 0.25) is 0 Å². The highest BCUT2D eigenvalue weighted by atomic mass is 33.1. The van der Waals surface area contributed by atoms with Crippen molar-refractivity contribution in [1.29, 1.82) is 0 Å². The van der Waals surface area contributed by atoms with Crippen LogP contribution in [0.1, 0.15) is 77.4 Å². The van der Waals surface area contributed by atoms with Gasteiger partial charge in [-0.3, -0.25) is 19.1 Å². The van der Waals surface area contributed by atoms with Gasteiger partial charge in [0.05, 0.1) is 17.6 Å². The smallest absolute Gasteiger partial charge is 0.330 e. The number of ether oxygens (including phenoxy) is 1. The SMILES string of the molecule is CCCCCCCCCCSSCCC(=O)NCCSc1cn([C@H]2C[C@H](O)[C@@H](CO)O2)c(=O)[nH]c1=O. The number of amides is 1. The van der Waals surface area contributed by atoms with Crippen LogP contribution in [-0.2, 0) is 9.53 Å². The molecule has 2 heterocycles. The highest BCUT2D eigenvalue weighted by Gasteiger charge is 2.35. The first kappa shape index (κ1) is 31.3. The number of nitrogens with one attached hydrogen (secondary N) is 2. The minimum Gasteiger partial charge on any atom is -0.394 e. The van der Waals surface area contributed by atoms with Gasteiger partial charge in [-0.05, 0) is 6.42 Å². The zero-order valence-corrected chi connectivity index (χ0v) is 23.6. The van der Waals surface area contributed by atoms with Crippen molar-refractivity contribution < 1.29 is 19.7 Å². The molecule has 4 N–H and O–H groups in total. The second-order valence-electron chi connectivity index (χ2n) is 8.84. The van der Waals surface area contributed by atoms with Crippen LogP contribution in [-0.4, -0.2) is 68.3 Å². The molecule has 12 heteroatoms. The number of nitrogens with zero attached hydrogens (tertiary/aromatic N) is 1. The number of aliphatic hydroxyl groups is 2. The zero-order chi connectivity index (χ0) is 26.2. The maximum absolute atomic E-state index is 12.2. The second kappa shape index (κ2) is 18.4. The van der Waals surface area contributed by atoms with Gasteiger partial charge in [-0.1, -0.05) is 73.5 Å². The van der Waals surface area contributed by atoms with Crippen molar-refractivity contribution in [2.75, 3.05) is 30.4 Å². The van der Waals surface area contributed by atoms with Crippen LogP contribution in [0.5, 0.6) is 0 Å². The number of thioether (sulfide) groups is 1. The molecular weight excluding hydrogens is 522 g/mol. The van der Waals surface area contributed by atoms with Crippen molar-refractivity contribution in [1.82, 2.24) is 14.9 Å². The molecule has 3 atom stereocenters. The minimum absolute atomic E-state index is 0.0157. The monoisotopic (exact) mass is 563 g/mol. The van der Waals surface area contributed by atoms with Crippen molar-refractivity contribution in [3.63, 3.8) is 0 Å². The molecule has 0 saturated carbocycles. The molecule has 0 radical (unpaired) electrons. The molecule has 0 aliphatic carbocycles. The standard InChI is InChI=1S/C24H41N3O6S3/c1-2-3-4-5-6-7-8-9-12-35-36-13-10-21(30)25-11-14-34-20-16-27(24(32)26-23(20)31)22-15-18(29)19(17-28)33-22/h16,18-19,22,28-29H,2-15,17H2,1H3,(H,25,30)(H,26,31,32)/t18-,19+,22+/m0/s1. The lowest BCUT2D eigenvalue weighted by Crippen LogP contribution is -2.33. The summed E-state index contributed by atoms with van der Waals surface area (Å²) in [4.78, 5) is 38.9. The fraction of sp³-hybridized carbons (Fsp3) is 0.792.